The second-order valence-electron chi connectivity index (χ2n) is 11.6. The van der Waals surface area contributed by atoms with E-state index in [1.54, 1.807) is 0 Å². The van der Waals surface area contributed by atoms with Gasteiger partial charge >= 0.3 is 5.97 Å². The first-order valence-electron chi connectivity index (χ1n) is 13.2. The van der Waals surface area contributed by atoms with Crippen molar-refractivity contribution in [2.45, 2.75) is 103 Å². The third kappa shape index (κ3) is 4.67. The van der Waals surface area contributed by atoms with Crippen LogP contribution in [0, 0.1) is 6.92 Å². The Morgan fingerprint density at radius 2 is 1.94 bits per heavy atom. The Hall–Kier alpha value is -2.53. The molecule has 0 radical (unpaired) electrons. The van der Waals surface area contributed by atoms with Crippen molar-refractivity contribution >= 4 is 11.7 Å². The molecular formula is C30H39NO4. The summed E-state index contributed by atoms with van der Waals surface area (Å²) in [4.78, 5) is 14.5. The van der Waals surface area contributed by atoms with Gasteiger partial charge in [0.2, 0.25) is 0 Å². The Kier molecular flexibility index (Phi) is 6.33. The summed E-state index contributed by atoms with van der Waals surface area (Å²) in [6.07, 6.45) is 3.19. The van der Waals surface area contributed by atoms with Crippen molar-refractivity contribution in [3.63, 3.8) is 0 Å². The molecule has 0 saturated carbocycles. The maximum absolute atomic E-state index is 11.9. The average Bonchev–Trinajstić information content (AvgIpc) is 3.12. The first-order valence-corrected chi connectivity index (χ1v) is 13.2. The molecule has 3 aliphatic heterocycles. The lowest BCUT2D eigenvalue weighted by Gasteiger charge is -2.36. The molecule has 5 nitrogen and oxygen atoms in total. The smallest absolute Gasteiger partial charge is 0.308 e. The molecule has 0 aromatic heterocycles. The van der Waals surface area contributed by atoms with Crippen LogP contribution in [0.5, 0.6) is 5.75 Å². The van der Waals surface area contributed by atoms with E-state index in [0.29, 0.717) is 18.8 Å². The normalized spacial score (nSPS) is 23.1. The number of aliphatic hydroxyl groups excluding tert-OH is 1. The van der Waals surface area contributed by atoms with Gasteiger partial charge in [-0.15, -0.1) is 0 Å². The molecule has 0 bridgehead atoms. The van der Waals surface area contributed by atoms with E-state index >= 15 is 0 Å². The minimum atomic E-state index is -0.603. The predicted molar refractivity (Wildman–Crippen MR) is 138 cm³/mol. The van der Waals surface area contributed by atoms with E-state index in [1.165, 1.54) is 39.1 Å². The maximum atomic E-state index is 11.9. The number of nitrogens with zero attached hydrogens (tertiary/aromatic N) is 1. The molecule has 2 unspecified atom stereocenters. The standard InChI is InChI=1S/C30H39NO4/c1-18(2)27-24(11-10-23-14-22(32)15-26(33)34-23)29-25(16-30(4,5)35-29)19(3)28(27)31-13-12-20-8-6-7-9-21(20)17-31/h6-9,18,22-23,32H,10-17H2,1-5H3. The van der Waals surface area contributed by atoms with Gasteiger partial charge in [0, 0.05) is 42.7 Å². The van der Waals surface area contributed by atoms with Crippen LogP contribution in [0.1, 0.15) is 86.3 Å². The summed E-state index contributed by atoms with van der Waals surface area (Å²) in [7, 11) is 0. The van der Waals surface area contributed by atoms with E-state index < -0.39 is 6.10 Å². The monoisotopic (exact) mass is 477 g/mol. The number of ether oxygens (including phenoxy) is 2. The van der Waals surface area contributed by atoms with Gasteiger partial charge in [0.25, 0.3) is 0 Å². The number of rotatable bonds is 5. The van der Waals surface area contributed by atoms with Crippen molar-refractivity contribution in [3.8, 4) is 5.75 Å². The molecule has 5 rings (SSSR count). The Morgan fingerprint density at radius 1 is 1.20 bits per heavy atom. The molecular weight excluding hydrogens is 438 g/mol. The van der Waals surface area contributed by atoms with Crippen LogP contribution in [0.15, 0.2) is 24.3 Å². The van der Waals surface area contributed by atoms with Crippen molar-refractivity contribution in [2.75, 3.05) is 11.4 Å². The highest BCUT2D eigenvalue weighted by Crippen LogP contribution is 2.49. The lowest BCUT2D eigenvalue weighted by atomic mass is 9.84. The molecule has 35 heavy (non-hydrogen) atoms. The highest BCUT2D eigenvalue weighted by atomic mass is 16.5. The van der Waals surface area contributed by atoms with Gasteiger partial charge in [-0.2, -0.15) is 0 Å². The molecule has 1 saturated heterocycles. The minimum Gasteiger partial charge on any atom is -0.487 e. The quantitative estimate of drug-likeness (QED) is 0.585. The molecule has 2 aromatic carbocycles. The number of aliphatic hydroxyl groups is 1. The van der Waals surface area contributed by atoms with Gasteiger partial charge in [0.15, 0.2) is 0 Å². The number of carbonyl (C=O) groups is 1. The molecule has 2 aromatic rings. The van der Waals surface area contributed by atoms with E-state index in [2.05, 4.69) is 63.8 Å². The van der Waals surface area contributed by atoms with E-state index in [9.17, 15) is 9.90 Å². The van der Waals surface area contributed by atoms with Gasteiger partial charge in [0.1, 0.15) is 17.5 Å². The van der Waals surface area contributed by atoms with Gasteiger partial charge in [-0.1, -0.05) is 38.1 Å². The second-order valence-corrected chi connectivity index (χ2v) is 11.6. The summed E-state index contributed by atoms with van der Waals surface area (Å²) in [5.74, 6) is 1.07. The third-order valence-corrected chi connectivity index (χ3v) is 7.89. The van der Waals surface area contributed by atoms with Crippen molar-refractivity contribution in [1.29, 1.82) is 0 Å². The van der Waals surface area contributed by atoms with Crippen LogP contribution in [-0.2, 0) is 35.3 Å². The summed E-state index contributed by atoms with van der Waals surface area (Å²) < 4.78 is 12.2. The highest BCUT2D eigenvalue weighted by Gasteiger charge is 2.38. The molecule has 2 atom stereocenters. The minimum absolute atomic E-state index is 0.103. The number of hydrogen-bond acceptors (Lipinski definition) is 5. The van der Waals surface area contributed by atoms with Crippen molar-refractivity contribution in [3.05, 3.63) is 57.6 Å². The summed E-state index contributed by atoms with van der Waals surface area (Å²) in [5.41, 5.74) is 9.28. The van der Waals surface area contributed by atoms with Gasteiger partial charge in [-0.05, 0) is 68.2 Å². The number of carbonyl (C=O) groups excluding carboxylic acids is 1. The lowest BCUT2D eigenvalue weighted by Crippen LogP contribution is -2.33. The lowest BCUT2D eigenvalue weighted by molar-refractivity contribution is -0.160. The molecule has 1 N–H and O–H groups in total. The Labute approximate surface area is 209 Å². The number of cyclic esters (lactones) is 1. The van der Waals surface area contributed by atoms with E-state index in [-0.39, 0.29) is 24.1 Å². The first-order chi connectivity index (χ1) is 16.6. The van der Waals surface area contributed by atoms with Crippen LogP contribution in [0.3, 0.4) is 0 Å². The fourth-order valence-electron chi connectivity index (χ4n) is 6.34. The van der Waals surface area contributed by atoms with Gasteiger partial charge in [0.05, 0.1) is 12.5 Å². The zero-order valence-electron chi connectivity index (χ0n) is 21.8. The summed E-state index contributed by atoms with van der Waals surface area (Å²) in [6, 6.07) is 8.80. The van der Waals surface area contributed by atoms with Crippen molar-refractivity contribution in [2.24, 2.45) is 0 Å². The van der Waals surface area contributed by atoms with E-state index in [4.69, 9.17) is 9.47 Å². The van der Waals surface area contributed by atoms with Crippen molar-refractivity contribution in [1.82, 2.24) is 0 Å². The summed E-state index contributed by atoms with van der Waals surface area (Å²) in [6.45, 7) is 13.1. The fourth-order valence-corrected chi connectivity index (χ4v) is 6.34. The number of hydrogen-bond donors (Lipinski definition) is 1. The Balaban J connectivity index is 1.57. The number of fused-ring (bicyclic) bond motifs is 2. The maximum Gasteiger partial charge on any atom is 0.308 e. The molecule has 0 aliphatic carbocycles. The Morgan fingerprint density at radius 3 is 2.66 bits per heavy atom. The average molecular weight is 478 g/mol. The fraction of sp³-hybridized carbons (Fsp3) is 0.567. The molecule has 0 spiro atoms. The van der Waals surface area contributed by atoms with E-state index in [1.807, 2.05) is 0 Å². The third-order valence-electron chi connectivity index (χ3n) is 7.89. The van der Waals surface area contributed by atoms with Crippen LogP contribution >= 0.6 is 0 Å². The number of esters is 1. The van der Waals surface area contributed by atoms with Crippen LogP contribution in [0.4, 0.5) is 5.69 Å². The van der Waals surface area contributed by atoms with Gasteiger partial charge in [-0.3, -0.25) is 4.79 Å². The zero-order chi connectivity index (χ0) is 24.9. The first kappa shape index (κ1) is 24.2. The molecule has 5 heteroatoms. The van der Waals surface area contributed by atoms with E-state index in [0.717, 1.165) is 38.1 Å². The Bertz CT molecular complexity index is 1140. The largest absolute Gasteiger partial charge is 0.487 e. The van der Waals surface area contributed by atoms with Crippen molar-refractivity contribution < 1.29 is 19.4 Å². The van der Waals surface area contributed by atoms with Gasteiger partial charge < -0.3 is 19.5 Å². The number of benzene rings is 2. The molecule has 188 valence electrons. The van der Waals surface area contributed by atoms with Crippen LogP contribution in [-0.4, -0.2) is 35.4 Å². The SMILES string of the molecule is Cc1c2c(c(CCC3CC(O)CC(=O)O3)c(C(C)C)c1N1CCc3ccccc3C1)OC(C)(C)C2. The zero-order valence-corrected chi connectivity index (χ0v) is 21.8. The molecule has 1 fully saturated rings. The van der Waals surface area contributed by atoms with Gasteiger partial charge in [-0.25, -0.2) is 0 Å². The van der Waals surface area contributed by atoms with Crippen LogP contribution < -0.4 is 9.64 Å². The summed E-state index contributed by atoms with van der Waals surface area (Å²) in [5, 5.41) is 10.1. The highest BCUT2D eigenvalue weighted by molar-refractivity contribution is 5.72. The molecule has 3 aliphatic rings. The topological polar surface area (TPSA) is 59.0 Å². The summed E-state index contributed by atoms with van der Waals surface area (Å²) >= 11 is 0. The van der Waals surface area contributed by atoms with Crippen LogP contribution in [0.25, 0.3) is 0 Å². The second kappa shape index (κ2) is 9.16. The molecule has 3 heterocycles. The van der Waals surface area contributed by atoms with Crippen LogP contribution in [0.2, 0.25) is 0 Å². The predicted octanol–water partition coefficient (Wildman–Crippen LogP) is 5.39. The number of anilines is 1. The molecule has 0 amide bonds.